The molecule has 3 rings (SSSR count). The van der Waals surface area contributed by atoms with Crippen LogP contribution in [0.15, 0.2) is 18.2 Å². The third kappa shape index (κ3) is 2.63. The first kappa shape index (κ1) is 15.7. The van der Waals surface area contributed by atoms with E-state index in [2.05, 4.69) is 0 Å². The molecule has 1 saturated heterocycles. The maximum atomic E-state index is 12.5. The van der Waals surface area contributed by atoms with Gasteiger partial charge in [0.2, 0.25) is 5.91 Å². The molecule has 2 N–H and O–H groups in total. The molecule has 23 heavy (non-hydrogen) atoms. The van der Waals surface area contributed by atoms with Crippen molar-refractivity contribution in [2.75, 3.05) is 26.2 Å². The monoisotopic (exact) mass is 315 g/mol. The van der Waals surface area contributed by atoms with E-state index in [0.717, 1.165) is 16.9 Å². The van der Waals surface area contributed by atoms with Gasteiger partial charge in [0.25, 0.3) is 11.8 Å². The zero-order valence-corrected chi connectivity index (χ0v) is 13.5. The van der Waals surface area contributed by atoms with Crippen LogP contribution in [0.1, 0.15) is 39.6 Å². The molecule has 0 aliphatic carbocycles. The van der Waals surface area contributed by atoms with Crippen LogP contribution in [0.5, 0.6) is 0 Å². The van der Waals surface area contributed by atoms with E-state index in [1.54, 1.807) is 23.1 Å². The molecule has 6 heteroatoms. The molecule has 2 aliphatic rings. The van der Waals surface area contributed by atoms with E-state index in [9.17, 15) is 14.4 Å². The minimum absolute atomic E-state index is 0.0746. The van der Waals surface area contributed by atoms with Gasteiger partial charge in [0.1, 0.15) is 6.54 Å². The lowest BCUT2D eigenvalue weighted by atomic mass is 9.90. The van der Waals surface area contributed by atoms with Crippen LogP contribution in [0, 0.1) is 12.3 Å². The van der Waals surface area contributed by atoms with E-state index in [1.807, 2.05) is 13.8 Å². The third-order valence-electron chi connectivity index (χ3n) is 4.82. The molecule has 0 bridgehead atoms. The average molecular weight is 315 g/mol. The molecule has 1 fully saturated rings. The quantitative estimate of drug-likeness (QED) is 0.836. The normalized spacial score (nSPS) is 23.6. The van der Waals surface area contributed by atoms with Gasteiger partial charge < -0.3 is 10.6 Å². The summed E-state index contributed by atoms with van der Waals surface area (Å²) in [6.45, 7) is 5.42. The smallest absolute Gasteiger partial charge is 0.262 e. The summed E-state index contributed by atoms with van der Waals surface area (Å²) in [5.74, 6) is -0.977. The number of benzene rings is 1. The number of aryl methyl sites for hydroxylation is 1. The van der Waals surface area contributed by atoms with Crippen LogP contribution in [0.4, 0.5) is 0 Å². The summed E-state index contributed by atoms with van der Waals surface area (Å²) < 4.78 is 0. The summed E-state index contributed by atoms with van der Waals surface area (Å²) in [5.41, 5.74) is 7.35. The fourth-order valence-corrected chi connectivity index (χ4v) is 3.19. The van der Waals surface area contributed by atoms with Crippen molar-refractivity contribution >= 4 is 17.7 Å². The zero-order valence-electron chi connectivity index (χ0n) is 13.5. The number of rotatable bonds is 3. The van der Waals surface area contributed by atoms with Crippen molar-refractivity contribution in [1.82, 2.24) is 9.80 Å². The Morgan fingerprint density at radius 2 is 1.96 bits per heavy atom. The molecule has 1 unspecified atom stereocenters. The molecule has 6 nitrogen and oxygen atoms in total. The Hall–Kier alpha value is -2.21. The number of likely N-dealkylation sites (tertiary alicyclic amines) is 1. The molecule has 3 amide bonds. The van der Waals surface area contributed by atoms with Gasteiger partial charge in [0, 0.05) is 13.1 Å². The lowest BCUT2D eigenvalue weighted by molar-refractivity contribution is -0.130. The van der Waals surface area contributed by atoms with E-state index >= 15 is 0 Å². The molecule has 0 spiro atoms. The van der Waals surface area contributed by atoms with Crippen LogP contribution >= 0.6 is 0 Å². The standard InChI is InChI=1S/C17H21N3O3/c1-11-3-4-12-13(7-11)16(23)20(15(12)22)8-14(21)19-6-5-17(2,9-18)10-19/h3-4,7H,5-6,8-10,18H2,1-2H3. The van der Waals surface area contributed by atoms with E-state index in [-0.39, 0.29) is 29.7 Å². The van der Waals surface area contributed by atoms with Crippen LogP contribution in [0.2, 0.25) is 0 Å². The molecular weight excluding hydrogens is 294 g/mol. The summed E-state index contributed by atoms with van der Waals surface area (Å²) in [4.78, 5) is 40.0. The highest BCUT2D eigenvalue weighted by molar-refractivity contribution is 6.22. The van der Waals surface area contributed by atoms with Gasteiger partial charge in [-0.15, -0.1) is 0 Å². The molecular formula is C17H21N3O3. The molecule has 1 aromatic rings. The van der Waals surface area contributed by atoms with Crippen LogP contribution in [0.25, 0.3) is 0 Å². The van der Waals surface area contributed by atoms with Gasteiger partial charge in [-0.05, 0) is 37.4 Å². The van der Waals surface area contributed by atoms with Crippen molar-refractivity contribution in [2.45, 2.75) is 20.3 Å². The fourth-order valence-electron chi connectivity index (χ4n) is 3.19. The number of carbonyl (C=O) groups is 3. The molecule has 1 aromatic carbocycles. The Balaban J connectivity index is 1.74. The first-order valence-corrected chi connectivity index (χ1v) is 7.79. The SMILES string of the molecule is Cc1ccc2c(c1)C(=O)N(CC(=O)N1CCC(C)(CN)C1)C2=O. The van der Waals surface area contributed by atoms with Crippen molar-refractivity contribution in [3.63, 3.8) is 0 Å². The van der Waals surface area contributed by atoms with Gasteiger partial charge in [-0.2, -0.15) is 0 Å². The summed E-state index contributed by atoms with van der Waals surface area (Å²) in [5, 5.41) is 0. The van der Waals surface area contributed by atoms with Gasteiger partial charge in [-0.3, -0.25) is 19.3 Å². The van der Waals surface area contributed by atoms with Crippen molar-refractivity contribution < 1.29 is 14.4 Å². The minimum Gasteiger partial charge on any atom is -0.341 e. The average Bonchev–Trinajstić information content (AvgIpc) is 3.03. The predicted octanol–water partition coefficient (Wildman–Crippen LogP) is 0.788. The van der Waals surface area contributed by atoms with Crippen LogP contribution < -0.4 is 5.73 Å². The first-order valence-electron chi connectivity index (χ1n) is 7.79. The number of hydrogen-bond donors (Lipinski definition) is 1. The first-order chi connectivity index (χ1) is 10.8. The van der Waals surface area contributed by atoms with Gasteiger partial charge in [0.15, 0.2) is 0 Å². The second-order valence-electron chi connectivity index (χ2n) is 6.83. The zero-order chi connectivity index (χ0) is 16.8. The number of amides is 3. The number of hydrogen-bond acceptors (Lipinski definition) is 4. The maximum Gasteiger partial charge on any atom is 0.262 e. The Morgan fingerprint density at radius 3 is 2.61 bits per heavy atom. The molecule has 0 saturated carbocycles. The van der Waals surface area contributed by atoms with Gasteiger partial charge in [0.05, 0.1) is 11.1 Å². The second kappa shape index (κ2) is 5.45. The fraction of sp³-hybridized carbons (Fsp3) is 0.471. The van der Waals surface area contributed by atoms with E-state index < -0.39 is 0 Å². The lowest BCUT2D eigenvalue weighted by Gasteiger charge is -2.24. The van der Waals surface area contributed by atoms with E-state index in [4.69, 9.17) is 5.73 Å². The van der Waals surface area contributed by atoms with Crippen molar-refractivity contribution in [3.8, 4) is 0 Å². The van der Waals surface area contributed by atoms with Crippen molar-refractivity contribution in [2.24, 2.45) is 11.1 Å². The summed E-state index contributed by atoms with van der Waals surface area (Å²) in [7, 11) is 0. The van der Waals surface area contributed by atoms with E-state index in [1.165, 1.54) is 0 Å². The van der Waals surface area contributed by atoms with Crippen LogP contribution in [-0.4, -0.2) is 53.7 Å². The van der Waals surface area contributed by atoms with Gasteiger partial charge in [-0.25, -0.2) is 0 Å². The van der Waals surface area contributed by atoms with Crippen molar-refractivity contribution in [1.29, 1.82) is 0 Å². The Labute approximate surface area is 135 Å². The highest BCUT2D eigenvalue weighted by atomic mass is 16.2. The summed E-state index contributed by atoms with van der Waals surface area (Å²) in [6.07, 6.45) is 0.844. The number of carbonyl (C=O) groups excluding carboxylic acids is 3. The molecule has 0 radical (unpaired) electrons. The molecule has 1 atom stereocenters. The van der Waals surface area contributed by atoms with Gasteiger partial charge >= 0.3 is 0 Å². The molecule has 0 aromatic heterocycles. The largest absolute Gasteiger partial charge is 0.341 e. The molecule has 2 aliphatic heterocycles. The molecule has 122 valence electrons. The Morgan fingerprint density at radius 1 is 1.26 bits per heavy atom. The second-order valence-corrected chi connectivity index (χ2v) is 6.83. The van der Waals surface area contributed by atoms with Gasteiger partial charge in [-0.1, -0.05) is 18.6 Å². The van der Waals surface area contributed by atoms with Crippen LogP contribution in [0.3, 0.4) is 0 Å². The Bertz CT molecular complexity index is 700. The highest BCUT2D eigenvalue weighted by Gasteiger charge is 2.40. The summed E-state index contributed by atoms with van der Waals surface area (Å²) in [6, 6.07) is 5.14. The number of nitrogens with two attached hydrogens (primary N) is 1. The minimum atomic E-state index is -0.390. The summed E-state index contributed by atoms with van der Waals surface area (Å²) >= 11 is 0. The Kier molecular flexibility index (Phi) is 3.72. The lowest BCUT2D eigenvalue weighted by Crippen LogP contribution is -2.43. The third-order valence-corrected chi connectivity index (χ3v) is 4.82. The molecule has 2 heterocycles. The number of fused-ring (bicyclic) bond motifs is 1. The topological polar surface area (TPSA) is 83.7 Å². The maximum absolute atomic E-state index is 12.5. The number of nitrogens with zero attached hydrogens (tertiary/aromatic N) is 2. The van der Waals surface area contributed by atoms with Crippen LogP contribution in [-0.2, 0) is 4.79 Å². The van der Waals surface area contributed by atoms with E-state index in [0.29, 0.717) is 30.8 Å². The van der Waals surface area contributed by atoms with Crippen molar-refractivity contribution in [3.05, 3.63) is 34.9 Å². The number of imide groups is 1. The highest BCUT2D eigenvalue weighted by Crippen LogP contribution is 2.29. The predicted molar refractivity (Wildman–Crippen MR) is 84.9 cm³/mol.